The van der Waals surface area contributed by atoms with Crippen LogP contribution in [-0.2, 0) is 14.9 Å². The molecule has 5 heterocycles. The zero-order valence-corrected chi connectivity index (χ0v) is 22.4. The van der Waals surface area contributed by atoms with Crippen LogP contribution < -0.4 is 9.64 Å². The molecule has 3 saturated carbocycles. The first-order chi connectivity index (χ1) is 18.3. The number of fused-ring (bicyclic) bond motifs is 1. The first-order valence-electron chi connectivity index (χ1n) is 13.9. The van der Waals surface area contributed by atoms with Gasteiger partial charge in [-0.3, -0.25) is 4.79 Å². The topological polar surface area (TPSA) is 85.1 Å². The molecule has 1 atom stereocenters. The summed E-state index contributed by atoms with van der Waals surface area (Å²) in [5.74, 6) is 2.54. The standard InChI is InChI=1S/C29H34N6O3/c1-18-24(19(2)35-26(30-18)31-20(3)32-35)38-23-8-9-33(10-23)22-6-4-21(5-7-22)28-11-29(12-28,13-28)25(36)34-14-27(15-34)16-37-17-27/h4-7,23H,8-17H2,1-3H3/t23-,28?,29?/m1/s1. The van der Waals surface area contributed by atoms with E-state index in [1.165, 1.54) is 11.3 Å². The largest absolute Gasteiger partial charge is 0.485 e. The summed E-state index contributed by atoms with van der Waals surface area (Å²) >= 11 is 0. The molecule has 198 valence electrons. The third-order valence-corrected chi connectivity index (χ3v) is 9.85. The van der Waals surface area contributed by atoms with Gasteiger partial charge in [0, 0.05) is 31.7 Å². The highest BCUT2D eigenvalue weighted by atomic mass is 16.5. The molecule has 3 aliphatic carbocycles. The van der Waals surface area contributed by atoms with Crippen LogP contribution in [0.2, 0.25) is 0 Å². The Bertz CT molecular complexity index is 1450. The van der Waals surface area contributed by atoms with Gasteiger partial charge in [0.25, 0.3) is 5.78 Å². The van der Waals surface area contributed by atoms with Gasteiger partial charge in [-0.1, -0.05) is 12.1 Å². The van der Waals surface area contributed by atoms with E-state index in [9.17, 15) is 4.79 Å². The van der Waals surface area contributed by atoms with Gasteiger partial charge in [0.15, 0.2) is 5.75 Å². The highest BCUT2D eigenvalue weighted by molar-refractivity contribution is 5.88. The average Bonchev–Trinajstić information content (AvgIpc) is 3.40. The van der Waals surface area contributed by atoms with Gasteiger partial charge < -0.3 is 19.3 Å². The maximum absolute atomic E-state index is 13.1. The molecule has 0 N–H and O–H groups in total. The normalized spacial score (nSPS) is 30.6. The number of anilines is 1. The van der Waals surface area contributed by atoms with E-state index in [0.717, 1.165) is 82.2 Å². The number of rotatable bonds is 5. The Hall–Kier alpha value is -3.20. The van der Waals surface area contributed by atoms with Crippen molar-refractivity contribution in [2.45, 2.75) is 58.0 Å². The molecule has 6 fully saturated rings. The Morgan fingerprint density at radius 1 is 1.05 bits per heavy atom. The molecule has 0 radical (unpaired) electrons. The second-order valence-corrected chi connectivity index (χ2v) is 12.7. The summed E-state index contributed by atoms with van der Waals surface area (Å²) in [4.78, 5) is 26.6. The van der Waals surface area contributed by atoms with Crippen molar-refractivity contribution in [3.63, 3.8) is 0 Å². The van der Waals surface area contributed by atoms with Gasteiger partial charge in [-0.2, -0.15) is 9.50 Å². The van der Waals surface area contributed by atoms with Crippen LogP contribution in [0.1, 0.15) is 48.5 Å². The molecule has 1 spiro atoms. The van der Waals surface area contributed by atoms with Gasteiger partial charge in [0.1, 0.15) is 11.9 Å². The Labute approximate surface area is 222 Å². The number of aryl methyl sites for hydroxylation is 3. The van der Waals surface area contributed by atoms with Crippen molar-refractivity contribution >= 4 is 17.4 Å². The molecule has 1 amide bonds. The van der Waals surface area contributed by atoms with Gasteiger partial charge >= 0.3 is 0 Å². The highest BCUT2D eigenvalue weighted by Gasteiger charge is 2.73. The number of hydrogen-bond donors (Lipinski definition) is 0. The molecular formula is C29H34N6O3. The lowest BCUT2D eigenvalue weighted by atomic mass is 9.33. The van der Waals surface area contributed by atoms with Crippen molar-refractivity contribution in [3.8, 4) is 5.75 Å². The van der Waals surface area contributed by atoms with E-state index in [2.05, 4.69) is 49.1 Å². The summed E-state index contributed by atoms with van der Waals surface area (Å²) < 4.78 is 13.6. The van der Waals surface area contributed by atoms with E-state index < -0.39 is 0 Å². The lowest BCUT2D eigenvalue weighted by Crippen LogP contribution is -2.75. The lowest BCUT2D eigenvalue weighted by molar-refractivity contribution is -0.223. The van der Waals surface area contributed by atoms with E-state index >= 15 is 0 Å². The highest BCUT2D eigenvalue weighted by Crippen LogP contribution is 2.74. The van der Waals surface area contributed by atoms with Crippen LogP contribution in [0.3, 0.4) is 0 Å². The number of benzene rings is 1. The number of ether oxygens (including phenoxy) is 2. The average molecular weight is 515 g/mol. The second-order valence-electron chi connectivity index (χ2n) is 12.7. The summed E-state index contributed by atoms with van der Waals surface area (Å²) in [6, 6.07) is 9.09. The van der Waals surface area contributed by atoms with Crippen LogP contribution in [0, 0.1) is 31.6 Å². The third kappa shape index (κ3) is 3.08. The zero-order chi connectivity index (χ0) is 25.9. The van der Waals surface area contributed by atoms with Crippen LogP contribution in [0.25, 0.3) is 5.78 Å². The molecule has 6 aliphatic rings. The molecule has 2 bridgehead atoms. The van der Waals surface area contributed by atoms with Crippen LogP contribution >= 0.6 is 0 Å². The van der Waals surface area contributed by atoms with Crippen molar-refractivity contribution in [1.29, 1.82) is 0 Å². The summed E-state index contributed by atoms with van der Waals surface area (Å²) in [5.41, 5.74) is 4.85. The van der Waals surface area contributed by atoms with Crippen LogP contribution in [-0.4, -0.2) is 75.9 Å². The smallest absolute Gasteiger partial charge is 0.253 e. The second kappa shape index (κ2) is 7.46. The minimum atomic E-state index is -0.0799. The minimum absolute atomic E-state index is 0.0799. The Kier molecular flexibility index (Phi) is 4.47. The summed E-state index contributed by atoms with van der Waals surface area (Å²) in [6.07, 6.45) is 4.11. The van der Waals surface area contributed by atoms with Crippen molar-refractivity contribution in [2.75, 3.05) is 44.3 Å². The van der Waals surface area contributed by atoms with Crippen molar-refractivity contribution in [3.05, 3.63) is 47.0 Å². The minimum Gasteiger partial charge on any atom is -0.485 e. The molecule has 3 aliphatic heterocycles. The SMILES string of the molecule is Cc1nc2nc(C)c(O[C@@H]3CCN(c4ccc(C56CC(C(=O)N7CC8(COC8)C7)(C5)C6)cc4)C3)c(C)n2n1. The number of amides is 1. The van der Waals surface area contributed by atoms with E-state index in [-0.39, 0.29) is 16.9 Å². The van der Waals surface area contributed by atoms with Crippen LogP contribution in [0.4, 0.5) is 5.69 Å². The fourth-order valence-electron chi connectivity index (χ4n) is 7.82. The first-order valence-corrected chi connectivity index (χ1v) is 13.9. The van der Waals surface area contributed by atoms with Crippen molar-refractivity contribution in [2.24, 2.45) is 10.8 Å². The fourth-order valence-corrected chi connectivity index (χ4v) is 7.82. The maximum atomic E-state index is 13.1. The molecule has 9 nitrogen and oxygen atoms in total. The maximum Gasteiger partial charge on any atom is 0.253 e. The van der Waals surface area contributed by atoms with E-state index in [1.54, 1.807) is 4.52 Å². The number of carbonyl (C=O) groups excluding carboxylic acids is 1. The number of aromatic nitrogens is 4. The molecule has 0 unspecified atom stereocenters. The molecular weight excluding hydrogens is 480 g/mol. The number of hydrogen-bond acceptors (Lipinski definition) is 7. The fraction of sp³-hybridized carbons (Fsp3) is 0.586. The van der Waals surface area contributed by atoms with E-state index in [0.29, 0.717) is 22.9 Å². The van der Waals surface area contributed by atoms with Crippen LogP contribution in [0.5, 0.6) is 5.75 Å². The zero-order valence-electron chi connectivity index (χ0n) is 22.4. The van der Waals surface area contributed by atoms with Crippen molar-refractivity contribution in [1.82, 2.24) is 24.5 Å². The molecule has 9 rings (SSSR count). The van der Waals surface area contributed by atoms with Gasteiger partial charge in [-0.25, -0.2) is 4.98 Å². The van der Waals surface area contributed by atoms with Crippen LogP contribution in [0.15, 0.2) is 24.3 Å². The van der Waals surface area contributed by atoms with Gasteiger partial charge in [0.2, 0.25) is 5.91 Å². The number of likely N-dealkylation sites (tertiary alicyclic amines) is 1. The Morgan fingerprint density at radius 2 is 1.79 bits per heavy atom. The van der Waals surface area contributed by atoms with Gasteiger partial charge in [0.05, 0.1) is 42.0 Å². The number of carbonyl (C=O) groups is 1. The molecule has 2 aromatic heterocycles. The molecule has 3 aromatic rings. The number of nitrogens with zero attached hydrogens (tertiary/aromatic N) is 6. The Morgan fingerprint density at radius 3 is 2.47 bits per heavy atom. The van der Waals surface area contributed by atoms with E-state index in [4.69, 9.17) is 9.47 Å². The predicted octanol–water partition coefficient (Wildman–Crippen LogP) is 2.99. The Balaban J connectivity index is 0.898. The summed E-state index contributed by atoms with van der Waals surface area (Å²) in [5, 5.41) is 4.46. The van der Waals surface area contributed by atoms with E-state index in [1.807, 2.05) is 20.8 Å². The molecule has 1 aromatic carbocycles. The predicted molar refractivity (Wildman–Crippen MR) is 140 cm³/mol. The summed E-state index contributed by atoms with van der Waals surface area (Å²) in [7, 11) is 0. The molecule has 9 heteroatoms. The molecule has 38 heavy (non-hydrogen) atoms. The molecule has 3 saturated heterocycles. The van der Waals surface area contributed by atoms with Gasteiger partial charge in [-0.05, 0) is 63.1 Å². The monoisotopic (exact) mass is 514 g/mol. The third-order valence-electron chi connectivity index (χ3n) is 9.85. The first kappa shape index (κ1) is 22.8. The van der Waals surface area contributed by atoms with Gasteiger partial charge in [-0.15, -0.1) is 5.10 Å². The quantitative estimate of drug-likeness (QED) is 0.518. The summed E-state index contributed by atoms with van der Waals surface area (Å²) in [6.45, 7) is 11.1. The lowest BCUT2D eigenvalue weighted by Gasteiger charge is -2.71. The van der Waals surface area contributed by atoms with Crippen molar-refractivity contribution < 1.29 is 14.3 Å².